The Morgan fingerprint density at radius 3 is 1.41 bits per heavy atom. The fourth-order valence-corrected chi connectivity index (χ4v) is 5.23. The summed E-state index contributed by atoms with van der Waals surface area (Å²) in [4.78, 5) is 68.9. The first-order valence-electron chi connectivity index (χ1n) is 19.1. The molecular formula is C37H67N3O11. The SMILES string of the molecule is CC(=O)CC[C@H](NC(=O)COCC(=O)NCCOCCOCCNC(=O)CCCCCCCCCCCCCCCCCCC(=O)CO)C(=O)O. The molecule has 0 radical (unpaired) electrons. The fourth-order valence-electron chi connectivity index (χ4n) is 5.23. The standard InChI is InChI=1S/C37H67N3O11/c1-31(42)20-21-33(37(47)48)40-36(46)30-51-29-35(45)39-23-25-50-27-26-49-24-22-38-34(44)19-17-15-13-11-9-7-5-3-2-4-6-8-10-12-14-16-18-32(43)28-41/h33,41H,2-30H2,1H3,(H,38,44)(H,39,45)(H,40,46)(H,47,48)/t33-/m0/s1. The maximum atomic E-state index is 12.0. The Hall–Kier alpha value is -2.94. The molecule has 0 aliphatic rings. The van der Waals surface area contributed by atoms with Crippen molar-refractivity contribution in [3.05, 3.63) is 0 Å². The lowest BCUT2D eigenvalue weighted by atomic mass is 10.0. The van der Waals surface area contributed by atoms with Crippen molar-refractivity contribution in [2.45, 2.75) is 141 Å². The highest BCUT2D eigenvalue weighted by atomic mass is 16.5. The topological polar surface area (TPSA) is 207 Å². The van der Waals surface area contributed by atoms with E-state index < -0.39 is 30.4 Å². The molecule has 0 aliphatic heterocycles. The Kier molecular flexibility index (Phi) is 33.4. The van der Waals surface area contributed by atoms with Gasteiger partial charge in [0.25, 0.3) is 0 Å². The van der Waals surface area contributed by atoms with Gasteiger partial charge in [0.05, 0.1) is 26.4 Å². The number of rotatable bonds is 38. The molecule has 0 aromatic rings. The van der Waals surface area contributed by atoms with E-state index in [0.717, 1.165) is 25.7 Å². The van der Waals surface area contributed by atoms with Crippen LogP contribution in [0.5, 0.6) is 0 Å². The number of hydrogen-bond acceptors (Lipinski definition) is 10. The highest BCUT2D eigenvalue weighted by molar-refractivity contribution is 5.85. The monoisotopic (exact) mass is 729 g/mol. The minimum atomic E-state index is -1.25. The molecule has 0 rings (SSSR count). The minimum Gasteiger partial charge on any atom is -0.480 e. The number of carbonyl (C=O) groups excluding carboxylic acids is 5. The zero-order valence-electron chi connectivity index (χ0n) is 31.2. The van der Waals surface area contributed by atoms with Gasteiger partial charge < -0.3 is 45.2 Å². The van der Waals surface area contributed by atoms with Gasteiger partial charge in [-0.15, -0.1) is 0 Å². The van der Waals surface area contributed by atoms with E-state index in [2.05, 4.69) is 16.0 Å². The number of unbranched alkanes of at least 4 members (excludes halogenated alkanes) is 15. The van der Waals surface area contributed by atoms with Gasteiger partial charge in [-0.25, -0.2) is 4.79 Å². The molecule has 14 nitrogen and oxygen atoms in total. The van der Waals surface area contributed by atoms with E-state index in [0.29, 0.717) is 39.2 Å². The fraction of sp³-hybridized carbons (Fsp3) is 0.838. The molecule has 0 spiro atoms. The van der Waals surface area contributed by atoms with Gasteiger partial charge in [0.2, 0.25) is 17.7 Å². The largest absolute Gasteiger partial charge is 0.480 e. The molecule has 51 heavy (non-hydrogen) atoms. The van der Waals surface area contributed by atoms with Crippen LogP contribution in [0.1, 0.15) is 135 Å². The zero-order chi connectivity index (χ0) is 37.8. The first-order chi connectivity index (χ1) is 24.6. The summed E-state index contributed by atoms with van der Waals surface area (Å²) < 4.78 is 15.8. The molecule has 14 heteroatoms. The highest BCUT2D eigenvalue weighted by Gasteiger charge is 2.20. The van der Waals surface area contributed by atoms with E-state index >= 15 is 0 Å². The maximum absolute atomic E-state index is 12.0. The van der Waals surface area contributed by atoms with Gasteiger partial charge in [-0.1, -0.05) is 89.9 Å². The Morgan fingerprint density at radius 1 is 0.529 bits per heavy atom. The summed E-state index contributed by atoms with van der Waals surface area (Å²) in [5, 5.41) is 25.5. The van der Waals surface area contributed by atoms with E-state index in [-0.39, 0.29) is 56.7 Å². The number of carbonyl (C=O) groups is 6. The number of ether oxygens (including phenoxy) is 3. The zero-order valence-corrected chi connectivity index (χ0v) is 31.2. The highest BCUT2D eigenvalue weighted by Crippen LogP contribution is 2.14. The van der Waals surface area contributed by atoms with Crippen LogP contribution in [0.15, 0.2) is 0 Å². The molecule has 0 saturated carbocycles. The van der Waals surface area contributed by atoms with Crippen LogP contribution in [0.25, 0.3) is 0 Å². The number of nitrogens with one attached hydrogen (secondary N) is 3. The maximum Gasteiger partial charge on any atom is 0.326 e. The van der Waals surface area contributed by atoms with Gasteiger partial charge >= 0.3 is 5.97 Å². The quantitative estimate of drug-likeness (QED) is 0.0578. The molecule has 0 heterocycles. The van der Waals surface area contributed by atoms with E-state index in [1.807, 2.05) is 0 Å². The van der Waals surface area contributed by atoms with Crippen molar-refractivity contribution in [1.82, 2.24) is 16.0 Å². The number of amides is 3. The van der Waals surface area contributed by atoms with Crippen molar-refractivity contribution in [3.8, 4) is 0 Å². The van der Waals surface area contributed by atoms with Gasteiger partial charge in [0, 0.05) is 32.4 Å². The second-order valence-electron chi connectivity index (χ2n) is 13.0. The summed E-state index contributed by atoms with van der Waals surface area (Å²) in [6, 6.07) is -1.20. The van der Waals surface area contributed by atoms with Crippen LogP contribution < -0.4 is 16.0 Å². The lowest BCUT2D eigenvalue weighted by Gasteiger charge is -2.13. The van der Waals surface area contributed by atoms with Gasteiger partial charge in [0.15, 0.2) is 5.78 Å². The Bertz CT molecular complexity index is 949. The van der Waals surface area contributed by atoms with Crippen LogP contribution in [-0.2, 0) is 43.0 Å². The predicted molar refractivity (Wildman–Crippen MR) is 193 cm³/mol. The smallest absolute Gasteiger partial charge is 0.326 e. The van der Waals surface area contributed by atoms with Crippen LogP contribution in [0, 0.1) is 0 Å². The number of ketones is 2. The molecule has 0 bridgehead atoms. The molecule has 296 valence electrons. The van der Waals surface area contributed by atoms with Crippen molar-refractivity contribution < 1.29 is 53.2 Å². The van der Waals surface area contributed by atoms with E-state index in [1.54, 1.807) is 0 Å². The number of aliphatic carboxylic acids is 1. The Labute approximate surface area is 304 Å². The lowest BCUT2D eigenvalue weighted by Crippen LogP contribution is -2.43. The summed E-state index contributed by atoms with van der Waals surface area (Å²) in [5.74, 6) is -2.59. The molecule has 0 unspecified atom stereocenters. The summed E-state index contributed by atoms with van der Waals surface area (Å²) in [7, 11) is 0. The first-order valence-corrected chi connectivity index (χ1v) is 19.1. The van der Waals surface area contributed by atoms with Crippen molar-refractivity contribution in [2.75, 3.05) is 59.3 Å². The molecule has 0 aromatic carbocycles. The van der Waals surface area contributed by atoms with Gasteiger partial charge in [0.1, 0.15) is 31.6 Å². The second-order valence-corrected chi connectivity index (χ2v) is 13.0. The third kappa shape index (κ3) is 35.3. The molecule has 0 saturated heterocycles. The molecule has 3 amide bonds. The second kappa shape index (κ2) is 35.5. The predicted octanol–water partition coefficient (Wildman–Crippen LogP) is 3.79. The average molecular weight is 730 g/mol. The number of carboxylic acid groups (broad SMARTS) is 1. The normalized spacial score (nSPS) is 11.6. The third-order valence-electron chi connectivity index (χ3n) is 8.18. The number of aliphatic hydroxyl groups is 1. The van der Waals surface area contributed by atoms with Crippen LogP contribution in [-0.4, -0.2) is 111 Å². The molecule has 1 atom stereocenters. The summed E-state index contributed by atoms with van der Waals surface area (Å²) in [6.07, 6.45) is 20.2. The molecular weight excluding hydrogens is 662 g/mol. The van der Waals surface area contributed by atoms with Gasteiger partial charge in [-0.2, -0.15) is 0 Å². The first kappa shape index (κ1) is 48.1. The average Bonchev–Trinajstić information content (AvgIpc) is 3.09. The number of carboxylic acids is 1. The molecule has 0 aromatic heterocycles. The van der Waals surface area contributed by atoms with Crippen LogP contribution in [0.2, 0.25) is 0 Å². The third-order valence-corrected chi connectivity index (χ3v) is 8.18. The molecule has 0 aliphatic carbocycles. The van der Waals surface area contributed by atoms with E-state index in [9.17, 15) is 28.8 Å². The van der Waals surface area contributed by atoms with Gasteiger partial charge in [-0.3, -0.25) is 19.2 Å². The van der Waals surface area contributed by atoms with E-state index in [4.69, 9.17) is 24.4 Å². The minimum absolute atomic E-state index is 0.0219. The molecule has 5 N–H and O–H groups in total. The van der Waals surface area contributed by atoms with Gasteiger partial charge in [-0.05, 0) is 26.2 Å². The lowest BCUT2D eigenvalue weighted by molar-refractivity contribution is -0.143. The van der Waals surface area contributed by atoms with Crippen LogP contribution >= 0.6 is 0 Å². The van der Waals surface area contributed by atoms with Crippen LogP contribution in [0.4, 0.5) is 0 Å². The van der Waals surface area contributed by atoms with Crippen LogP contribution in [0.3, 0.4) is 0 Å². The Morgan fingerprint density at radius 2 is 0.961 bits per heavy atom. The summed E-state index contributed by atoms with van der Waals surface area (Å²) >= 11 is 0. The van der Waals surface area contributed by atoms with Crippen molar-refractivity contribution in [2.24, 2.45) is 0 Å². The Balaban J connectivity index is 3.41. The molecule has 0 fully saturated rings. The summed E-state index contributed by atoms with van der Waals surface area (Å²) in [5.41, 5.74) is 0. The number of Topliss-reactive ketones (excluding diaryl/α,β-unsaturated/α-hetero) is 2. The number of aliphatic hydroxyl groups excluding tert-OH is 1. The van der Waals surface area contributed by atoms with Crippen molar-refractivity contribution >= 4 is 35.3 Å². The van der Waals surface area contributed by atoms with E-state index in [1.165, 1.54) is 84.0 Å². The van der Waals surface area contributed by atoms with Crippen molar-refractivity contribution in [3.63, 3.8) is 0 Å². The summed E-state index contributed by atoms with van der Waals surface area (Å²) in [6.45, 7) is 2.15. The van der Waals surface area contributed by atoms with Crippen molar-refractivity contribution in [1.29, 1.82) is 0 Å². The number of hydrogen-bond donors (Lipinski definition) is 5.